The lowest BCUT2D eigenvalue weighted by Gasteiger charge is -2.03. The van der Waals surface area contributed by atoms with Crippen molar-refractivity contribution in [1.29, 1.82) is 0 Å². The molecule has 2 heterocycles. The second-order valence-corrected chi connectivity index (χ2v) is 5.33. The largest absolute Gasteiger partial charge is 0.356 e. The topological polar surface area (TPSA) is 77.1 Å². The highest BCUT2D eigenvalue weighted by molar-refractivity contribution is 5.93. The number of aryl methyl sites for hydroxylation is 1. The van der Waals surface area contributed by atoms with Crippen LogP contribution in [0.15, 0.2) is 51.9 Å². The first-order valence-electron chi connectivity index (χ1n) is 7.30. The first kappa shape index (κ1) is 16.6. The Bertz CT molecular complexity index is 995. The predicted molar refractivity (Wildman–Crippen MR) is 84.7 cm³/mol. The van der Waals surface area contributed by atoms with Crippen LogP contribution in [0.2, 0.25) is 0 Å². The van der Waals surface area contributed by atoms with Gasteiger partial charge < -0.3 is 14.4 Å². The number of carbonyl (C=O) groups is 1. The summed E-state index contributed by atoms with van der Waals surface area (Å²) in [5.74, 6) is -1.92. The number of benzene rings is 1. The summed E-state index contributed by atoms with van der Waals surface area (Å²) in [6, 6.07) is 7.51. The minimum absolute atomic E-state index is 0.00158. The average molecular weight is 345 g/mol. The third kappa shape index (κ3) is 3.47. The van der Waals surface area contributed by atoms with Gasteiger partial charge in [-0.25, -0.2) is 8.78 Å². The Kier molecular flexibility index (Phi) is 4.42. The molecule has 0 spiro atoms. The minimum atomic E-state index is -0.778. The molecule has 0 unspecified atom stereocenters. The number of nitrogens with one attached hydrogen (secondary N) is 1. The van der Waals surface area contributed by atoms with Crippen molar-refractivity contribution in [2.24, 2.45) is 7.05 Å². The van der Waals surface area contributed by atoms with E-state index in [1.54, 1.807) is 19.3 Å². The van der Waals surface area contributed by atoms with Gasteiger partial charge in [0.1, 0.15) is 22.9 Å². The lowest BCUT2D eigenvalue weighted by Crippen LogP contribution is -2.31. The summed E-state index contributed by atoms with van der Waals surface area (Å²) in [4.78, 5) is 23.9. The van der Waals surface area contributed by atoms with Crippen LogP contribution in [-0.4, -0.2) is 15.6 Å². The molecule has 25 heavy (non-hydrogen) atoms. The zero-order valence-electron chi connectivity index (χ0n) is 13.1. The van der Waals surface area contributed by atoms with Crippen molar-refractivity contribution in [3.05, 3.63) is 75.8 Å². The molecular weight excluding hydrogens is 332 g/mol. The highest BCUT2D eigenvalue weighted by Gasteiger charge is 2.14. The molecule has 0 atom stereocenters. The zero-order valence-corrected chi connectivity index (χ0v) is 13.1. The Morgan fingerprint density at radius 1 is 1.28 bits per heavy atom. The van der Waals surface area contributed by atoms with Gasteiger partial charge in [-0.2, -0.15) is 0 Å². The molecule has 0 aliphatic heterocycles. The second-order valence-electron chi connectivity index (χ2n) is 5.33. The molecule has 128 valence electrons. The van der Waals surface area contributed by atoms with E-state index in [2.05, 4.69) is 10.5 Å². The van der Waals surface area contributed by atoms with Crippen molar-refractivity contribution in [3.63, 3.8) is 0 Å². The van der Waals surface area contributed by atoms with Gasteiger partial charge in [-0.1, -0.05) is 5.16 Å². The number of halogens is 2. The second kappa shape index (κ2) is 6.68. The van der Waals surface area contributed by atoms with Gasteiger partial charge in [0, 0.05) is 25.4 Å². The third-order valence-electron chi connectivity index (χ3n) is 3.55. The van der Waals surface area contributed by atoms with E-state index in [-0.39, 0.29) is 23.4 Å². The van der Waals surface area contributed by atoms with E-state index in [4.69, 9.17) is 4.52 Å². The highest BCUT2D eigenvalue weighted by Crippen LogP contribution is 2.24. The number of pyridine rings is 1. The van der Waals surface area contributed by atoms with Crippen LogP contribution >= 0.6 is 0 Å². The number of carbonyl (C=O) groups excluding carboxylic acids is 1. The minimum Gasteiger partial charge on any atom is -0.356 e. The van der Waals surface area contributed by atoms with Crippen molar-refractivity contribution in [1.82, 2.24) is 15.0 Å². The monoisotopic (exact) mass is 345 g/mol. The lowest BCUT2D eigenvalue weighted by atomic mass is 10.1. The fourth-order valence-corrected chi connectivity index (χ4v) is 2.25. The molecule has 0 saturated heterocycles. The summed E-state index contributed by atoms with van der Waals surface area (Å²) in [6.45, 7) is -0.0107. The van der Waals surface area contributed by atoms with Crippen LogP contribution < -0.4 is 10.9 Å². The average Bonchev–Trinajstić information content (AvgIpc) is 3.04. The molecule has 0 bridgehead atoms. The van der Waals surface area contributed by atoms with Crippen LogP contribution in [0.25, 0.3) is 11.3 Å². The van der Waals surface area contributed by atoms with E-state index in [9.17, 15) is 18.4 Å². The van der Waals surface area contributed by atoms with Crippen LogP contribution in [0.5, 0.6) is 0 Å². The molecule has 0 saturated carbocycles. The van der Waals surface area contributed by atoms with Gasteiger partial charge in [0.25, 0.3) is 11.5 Å². The smallest absolute Gasteiger partial charge is 0.263 e. The van der Waals surface area contributed by atoms with Crippen LogP contribution in [0.1, 0.15) is 16.1 Å². The van der Waals surface area contributed by atoms with E-state index in [1.807, 2.05) is 0 Å². The van der Waals surface area contributed by atoms with Crippen LogP contribution in [0, 0.1) is 11.6 Å². The van der Waals surface area contributed by atoms with E-state index in [1.165, 1.54) is 22.8 Å². The van der Waals surface area contributed by atoms with E-state index < -0.39 is 23.1 Å². The summed E-state index contributed by atoms with van der Waals surface area (Å²) in [7, 11) is 1.54. The van der Waals surface area contributed by atoms with Gasteiger partial charge in [-0.3, -0.25) is 9.59 Å². The van der Waals surface area contributed by atoms with Crippen molar-refractivity contribution >= 4 is 5.91 Å². The Hall–Kier alpha value is -3.29. The summed E-state index contributed by atoms with van der Waals surface area (Å²) in [5.41, 5.74) is -0.0317. The molecular formula is C17H13F2N3O3. The standard InChI is InChI=1S/C17H13F2N3O3/c1-22-6-2-3-13(17(22)24)16(23)20-9-11-8-15(25-21-11)12-5-4-10(18)7-14(12)19/h2-8H,9H2,1H3,(H,20,23). The van der Waals surface area contributed by atoms with Crippen molar-refractivity contribution in [3.8, 4) is 11.3 Å². The number of rotatable bonds is 4. The molecule has 0 fully saturated rings. The van der Waals surface area contributed by atoms with Crippen LogP contribution in [0.3, 0.4) is 0 Å². The number of aromatic nitrogens is 2. The fourth-order valence-electron chi connectivity index (χ4n) is 2.25. The number of hydrogen-bond acceptors (Lipinski definition) is 4. The van der Waals surface area contributed by atoms with Gasteiger partial charge in [-0.05, 0) is 24.3 Å². The van der Waals surface area contributed by atoms with Gasteiger partial charge in [0.15, 0.2) is 5.76 Å². The summed E-state index contributed by atoms with van der Waals surface area (Å²) in [5, 5.41) is 6.27. The van der Waals surface area contributed by atoms with Crippen LogP contribution in [0.4, 0.5) is 8.78 Å². The quantitative estimate of drug-likeness (QED) is 0.787. The molecule has 3 aromatic rings. The van der Waals surface area contributed by atoms with Crippen molar-refractivity contribution < 1.29 is 18.1 Å². The van der Waals surface area contributed by atoms with Gasteiger partial charge >= 0.3 is 0 Å². The molecule has 1 N–H and O–H groups in total. The molecule has 1 aromatic carbocycles. The first-order valence-corrected chi connectivity index (χ1v) is 7.30. The van der Waals surface area contributed by atoms with Gasteiger partial charge in [0.05, 0.1) is 12.1 Å². The number of nitrogens with zero attached hydrogens (tertiary/aromatic N) is 2. The van der Waals surface area contributed by atoms with E-state index in [0.29, 0.717) is 5.69 Å². The predicted octanol–water partition coefficient (Wildman–Crippen LogP) is 2.25. The Morgan fingerprint density at radius 3 is 2.84 bits per heavy atom. The molecule has 0 aliphatic carbocycles. The summed E-state index contributed by atoms with van der Waals surface area (Å²) >= 11 is 0. The maximum atomic E-state index is 13.7. The molecule has 0 radical (unpaired) electrons. The normalized spacial score (nSPS) is 10.7. The molecule has 6 nitrogen and oxygen atoms in total. The van der Waals surface area contributed by atoms with Crippen molar-refractivity contribution in [2.45, 2.75) is 6.54 Å². The maximum absolute atomic E-state index is 13.7. The first-order chi connectivity index (χ1) is 12.0. The molecule has 0 aliphatic rings. The Balaban J connectivity index is 1.73. The third-order valence-corrected chi connectivity index (χ3v) is 3.55. The maximum Gasteiger partial charge on any atom is 0.263 e. The molecule has 2 aromatic heterocycles. The van der Waals surface area contributed by atoms with E-state index in [0.717, 1.165) is 12.1 Å². The summed E-state index contributed by atoms with van der Waals surface area (Å²) in [6.07, 6.45) is 1.54. The zero-order chi connectivity index (χ0) is 18.0. The van der Waals surface area contributed by atoms with Gasteiger partial charge in [-0.15, -0.1) is 0 Å². The lowest BCUT2D eigenvalue weighted by molar-refractivity contribution is 0.0948. The summed E-state index contributed by atoms with van der Waals surface area (Å²) < 4.78 is 33.0. The van der Waals surface area contributed by atoms with Gasteiger partial charge in [0.2, 0.25) is 0 Å². The Labute approximate surface area is 140 Å². The highest BCUT2D eigenvalue weighted by atomic mass is 19.1. The van der Waals surface area contributed by atoms with E-state index >= 15 is 0 Å². The molecule has 1 amide bonds. The molecule has 3 rings (SSSR count). The number of amides is 1. The van der Waals surface area contributed by atoms with Crippen LogP contribution in [-0.2, 0) is 13.6 Å². The SMILES string of the molecule is Cn1cccc(C(=O)NCc2cc(-c3ccc(F)cc3F)on2)c1=O. The van der Waals surface area contributed by atoms with Crippen molar-refractivity contribution in [2.75, 3.05) is 0 Å². The Morgan fingerprint density at radius 2 is 2.08 bits per heavy atom. The fraction of sp³-hybridized carbons (Fsp3) is 0.118. The number of hydrogen-bond donors (Lipinski definition) is 1. The molecule has 8 heteroatoms.